The van der Waals surface area contributed by atoms with Gasteiger partial charge in [0.15, 0.2) is 6.20 Å². The molecule has 4 aromatic rings. The fourth-order valence-corrected chi connectivity index (χ4v) is 11.8. The highest BCUT2D eigenvalue weighted by atomic mass is 15.3. The molecule has 0 radical (unpaired) electrons. The molecule has 0 bridgehead atoms. The lowest BCUT2D eigenvalue weighted by Crippen LogP contribution is -2.47. The van der Waals surface area contributed by atoms with Gasteiger partial charge in [-0.2, -0.15) is 4.57 Å². The molecule has 0 amide bonds. The van der Waals surface area contributed by atoms with E-state index in [1.807, 2.05) is 0 Å². The minimum atomic E-state index is -0.0519. The third-order valence-electron chi connectivity index (χ3n) is 14.1. The van der Waals surface area contributed by atoms with Crippen molar-refractivity contribution in [2.24, 2.45) is 5.92 Å². The molecule has 2 aliphatic heterocycles. The molecule has 0 saturated heterocycles. The second-order valence-corrected chi connectivity index (χ2v) is 16.5. The first-order valence-electron chi connectivity index (χ1n) is 18.7. The van der Waals surface area contributed by atoms with Crippen LogP contribution in [-0.2, 0) is 29.2 Å². The molecular weight excluding hydrogens is 581 g/mol. The van der Waals surface area contributed by atoms with Gasteiger partial charge < -0.3 is 4.90 Å². The first-order valence-corrected chi connectivity index (χ1v) is 18.7. The molecule has 0 N–H and O–H groups in total. The number of rotatable bonds is 7. The molecule has 2 nitrogen and oxygen atoms in total. The van der Waals surface area contributed by atoms with Gasteiger partial charge in [0, 0.05) is 45.9 Å². The SMILES string of the molecule is CCc1cc2c([n+](CCC3C4(CC)c5cccc6c5C5C(=CC=CN5C34CC)C6(C)C)c1)-c1c(C)cc(-c3ccccc3)cc1C2(C)C. The van der Waals surface area contributed by atoms with Crippen LogP contribution in [0.2, 0.25) is 0 Å². The average Bonchev–Trinajstić information content (AvgIpc) is 3.54. The number of allylic oxidation sites excluding steroid dienone is 2. The smallest absolute Gasteiger partial charge is 0.217 e. The fourth-order valence-electron chi connectivity index (χ4n) is 11.8. The molecule has 9 rings (SSSR count). The predicted octanol–water partition coefficient (Wildman–Crippen LogP) is 10.4. The number of benzene rings is 3. The quantitative estimate of drug-likeness (QED) is 0.184. The van der Waals surface area contributed by atoms with Gasteiger partial charge in [-0.3, -0.25) is 0 Å². The standard InChI is InChI=1S/C46H51N2/c1-9-30-26-37-41(39-29(4)25-32(27-36(39)44(37,7)8)31-17-13-12-14-18-31)47(28-30)24-22-38-45(10-2)34-20-15-19-33-40(34)42-35(43(33,5)6)21-16-23-48(42)46(38,45)11-3/h12-21,23,25-28,38,42H,9-11,22,24H2,1-8H3/q+1. The minimum absolute atomic E-state index is 0.0519. The van der Waals surface area contributed by atoms with Gasteiger partial charge in [0.2, 0.25) is 5.69 Å². The van der Waals surface area contributed by atoms with E-state index in [2.05, 4.69) is 156 Å². The van der Waals surface area contributed by atoms with E-state index in [9.17, 15) is 0 Å². The molecule has 3 heterocycles. The maximum atomic E-state index is 2.86. The molecular formula is C46H51N2+. The van der Waals surface area contributed by atoms with Crippen LogP contribution in [0.1, 0.15) is 113 Å². The lowest BCUT2D eigenvalue weighted by Gasteiger charge is -2.47. The van der Waals surface area contributed by atoms with E-state index < -0.39 is 0 Å². The molecule has 3 aliphatic carbocycles. The van der Waals surface area contributed by atoms with Crippen molar-refractivity contribution >= 4 is 0 Å². The van der Waals surface area contributed by atoms with Crippen LogP contribution in [0.5, 0.6) is 0 Å². The molecule has 4 atom stereocenters. The van der Waals surface area contributed by atoms with E-state index in [1.165, 1.54) is 63.9 Å². The Kier molecular flexibility index (Phi) is 6.18. The number of hydrogen-bond donors (Lipinski definition) is 0. The molecule has 4 unspecified atom stereocenters. The summed E-state index contributed by atoms with van der Waals surface area (Å²) in [7, 11) is 0. The summed E-state index contributed by atoms with van der Waals surface area (Å²) in [6.07, 6.45) is 14.4. The molecule has 1 aromatic heterocycles. The van der Waals surface area contributed by atoms with Crippen LogP contribution in [0.15, 0.2) is 96.9 Å². The Morgan fingerprint density at radius 2 is 1.54 bits per heavy atom. The van der Waals surface area contributed by atoms with E-state index in [-0.39, 0.29) is 21.8 Å². The second kappa shape index (κ2) is 9.84. The number of aromatic nitrogens is 1. The van der Waals surface area contributed by atoms with Crippen LogP contribution >= 0.6 is 0 Å². The molecule has 3 aromatic carbocycles. The zero-order chi connectivity index (χ0) is 33.4. The van der Waals surface area contributed by atoms with Crippen molar-refractivity contribution in [1.82, 2.24) is 4.90 Å². The Balaban J connectivity index is 1.16. The Morgan fingerprint density at radius 1 is 0.771 bits per heavy atom. The summed E-state index contributed by atoms with van der Waals surface area (Å²) in [5.41, 5.74) is 18.1. The van der Waals surface area contributed by atoms with Crippen molar-refractivity contribution in [2.45, 2.75) is 115 Å². The van der Waals surface area contributed by atoms with Crippen LogP contribution in [-0.4, -0.2) is 10.4 Å². The summed E-state index contributed by atoms with van der Waals surface area (Å²) >= 11 is 0. The maximum Gasteiger partial charge on any atom is 0.217 e. The monoisotopic (exact) mass is 631 g/mol. The topological polar surface area (TPSA) is 7.12 Å². The fraction of sp³-hybridized carbons (Fsp3) is 0.413. The second-order valence-electron chi connectivity index (χ2n) is 16.5. The highest BCUT2D eigenvalue weighted by Crippen LogP contribution is 2.78. The van der Waals surface area contributed by atoms with Crippen LogP contribution in [0.3, 0.4) is 0 Å². The summed E-state index contributed by atoms with van der Waals surface area (Å²) < 4.78 is 2.69. The van der Waals surface area contributed by atoms with Crippen LogP contribution in [0.4, 0.5) is 0 Å². The van der Waals surface area contributed by atoms with Crippen molar-refractivity contribution in [2.75, 3.05) is 0 Å². The van der Waals surface area contributed by atoms with Crippen molar-refractivity contribution in [1.29, 1.82) is 0 Å². The van der Waals surface area contributed by atoms with Crippen LogP contribution in [0, 0.1) is 12.8 Å². The molecule has 48 heavy (non-hydrogen) atoms. The number of aryl methyl sites for hydroxylation is 3. The van der Waals surface area contributed by atoms with E-state index in [0.717, 1.165) is 13.0 Å². The molecule has 1 saturated carbocycles. The highest BCUT2D eigenvalue weighted by Gasteiger charge is 2.81. The van der Waals surface area contributed by atoms with Gasteiger partial charge in [-0.25, -0.2) is 0 Å². The molecule has 2 heteroatoms. The number of pyridine rings is 1. The van der Waals surface area contributed by atoms with Gasteiger partial charge in [-0.1, -0.05) is 109 Å². The third kappa shape index (κ3) is 3.42. The van der Waals surface area contributed by atoms with Gasteiger partial charge in [-0.05, 0) is 88.9 Å². The van der Waals surface area contributed by atoms with Gasteiger partial charge in [0.05, 0.1) is 17.1 Å². The molecule has 5 aliphatic rings. The zero-order valence-corrected chi connectivity index (χ0v) is 30.2. The van der Waals surface area contributed by atoms with Crippen molar-refractivity contribution in [3.63, 3.8) is 0 Å². The van der Waals surface area contributed by atoms with Gasteiger partial charge in [0.25, 0.3) is 0 Å². The van der Waals surface area contributed by atoms with E-state index >= 15 is 0 Å². The number of hydrogen-bond acceptors (Lipinski definition) is 1. The molecule has 0 spiro atoms. The van der Waals surface area contributed by atoms with Crippen molar-refractivity contribution < 1.29 is 4.57 Å². The first-order chi connectivity index (χ1) is 23.1. The number of fused-ring (bicyclic) bond motifs is 6. The summed E-state index contributed by atoms with van der Waals surface area (Å²) in [6.45, 7) is 20.5. The van der Waals surface area contributed by atoms with Crippen molar-refractivity contribution in [3.05, 3.63) is 136 Å². The van der Waals surface area contributed by atoms with Crippen LogP contribution in [0.25, 0.3) is 22.4 Å². The first kappa shape index (κ1) is 30.2. The summed E-state index contributed by atoms with van der Waals surface area (Å²) in [6, 6.07) is 26.1. The Bertz CT molecular complexity index is 2080. The van der Waals surface area contributed by atoms with E-state index in [1.54, 1.807) is 22.3 Å². The average molecular weight is 632 g/mol. The lowest BCUT2D eigenvalue weighted by molar-refractivity contribution is -0.687. The zero-order valence-electron chi connectivity index (χ0n) is 30.2. The van der Waals surface area contributed by atoms with Gasteiger partial charge in [0.1, 0.15) is 6.54 Å². The van der Waals surface area contributed by atoms with Gasteiger partial charge >= 0.3 is 0 Å². The van der Waals surface area contributed by atoms with E-state index in [0.29, 0.717) is 12.0 Å². The summed E-state index contributed by atoms with van der Waals surface area (Å²) in [5, 5.41) is 0. The lowest BCUT2D eigenvalue weighted by atomic mass is 9.76. The van der Waals surface area contributed by atoms with E-state index in [4.69, 9.17) is 0 Å². The molecule has 1 fully saturated rings. The Morgan fingerprint density at radius 3 is 2.27 bits per heavy atom. The van der Waals surface area contributed by atoms with Crippen molar-refractivity contribution in [3.8, 4) is 22.4 Å². The number of nitrogens with zero attached hydrogens (tertiary/aromatic N) is 2. The van der Waals surface area contributed by atoms with Gasteiger partial charge in [-0.15, -0.1) is 0 Å². The minimum Gasteiger partial charge on any atom is -0.360 e. The predicted molar refractivity (Wildman–Crippen MR) is 198 cm³/mol. The van der Waals surface area contributed by atoms with Crippen LogP contribution < -0.4 is 4.57 Å². The Labute approximate surface area is 288 Å². The summed E-state index contributed by atoms with van der Waals surface area (Å²) in [4.78, 5) is 2.86. The maximum absolute atomic E-state index is 2.86. The Hall–Kier alpha value is -3.91. The molecule has 244 valence electrons. The summed E-state index contributed by atoms with van der Waals surface area (Å²) in [5.74, 6) is 0.605. The third-order valence-corrected chi connectivity index (χ3v) is 14.1. The normalized spacial score (nSPS) is 27.2. The highest BCUT2D eigenvalue weighted by molar-refractivity contribution is 5.82. The largest absolute Gasteiger partial charge is 0.360 e.